The number of methoxy groups -OCH3 is 3. The van der Waals surface area contributed by atoms with Crippen LogP contribution in [0.2, 0.25) is 0 Å². The van der Waals surface area contributed by atoms with E-state index in [1.54, 1.807) is 27.4 Å². The molecule has 3 aromatic carbocycles. The number of hydrogen-bond donors (Lipinski definition) is 0. The zero-order valence-corrected chi connectivity index (χ0v) is 24.2. The smallest absolute Gasteiger partial charge is 0.203 e. The van der Waals surface area contributed by atoms with Crippen molar-refractivity contribution in [2.45, 2.75) is 49.9 Å². The van der Waals surface area contributed by atoms with E-state index in [1.807, 2.05) is 55.5 Å². The van der Waals surface area contributed by atoms with Crippen LogP contribution in [0.1, 0.15) is 55.1 Å². The Morgan fingerprint density at radius 2 is 1.45 bits per heavy atom. The minimum absolute atomic E-state index is 0.0105. The molecule has 1 aliphatic heterocycles. The summed E-state index contributed by atoms with van der Waals surface area (Å²) in [6, 6.07) is 16.8. The minimum Gasteiger partial charge on any atom is -0.493 e. The minimum atomic E-state index is -3.85. The summed E-state index contributed by atoms with van der Waals surface area (Å²) in [5.41, 5.74) is 2.50. The van der Waals surface area contributed by atoms with Gasteiger partial charge in [0.2, 0.25) is 15.6 Å². The van der Waals surface area contributed by atoms with Crippen LogP contribution in [0.5, 0.6) is 28.7 Å². The van der Waals surface area contributed by atoms with Crippen LogP contribution in [0.25, 0.3) is 0 Å². The lowest BCUT2D eigenvalue weighted by Gasteiger charge is -2.21. The van der Waals surface area contributed by atoms with E-state index in [4.69, 9.17) is 28.4 Å². The molecule has 0 bridgehead atoms. The van der Waals surface area contributed by atoms with Gasteiger partial charge in [-0.2, -0.15) is 0 Å². The summed E-state index contributed by atoms with van der Waals surface area (Å²) < 4.78 is 61.3. The molecule has 40 heavy (non-hydrogen) atoms. The Morgan fingerprint density at radius 1 is 0.850 bits per heavy atom. The first-order valence-corrected chi connectivity index (χ1v) is 14.7. The van der Waals surface area contributed by atoms with Crippen LogP contribution in [-0.2, 0) is 21.2 Å². The van der Waals surface area contributed by atoms with Crippen molar-refractivity contribution >= 4 is 9.84 Å². The van der Waals surface area contributed by atoms with Crippen molar-refractivity contribution in [1.29, 1.82) is 0 Å². The molecule has 1 fully saturated rings. The molecule has 1 heterocycles. The van der Waals surface area contributed by atoms with Crippen LogP contribution in [0.4, 0.5) is 0 Å². The monoisotopic (exact) mass is 568 g/mol. The molecule has 1 saturated heterocycles. The summed E-state index contributed by atoms with van der Waals surface area (Å²) in [6.07, 6.45) is 1.45. The zero-order chi connectivity index (χ0) is 28.7. The van der Waals surface area contributed by atoms with Gasteiger partial charge in [0.15, 0.2) is 23.0 Å². The van der Waals surface area contributed by atoms with Crippen molar-refractivity contribution < 1.29 is 36.8 Å². The first-order valence-electron chi connectivity index (χ1n) is 13.2. The van der Waals surface area contributed by atoms with Crippen LogP contribution >= 0.6 is 0 Å². The molecule has 0 spiro atoms. The summed E-state index contributed by atoms with van der Waals surface area (Å²) in [5, 5.41) is 0.931. The molecular formula is C31H36O8S. The molecule has 0 N–H and O–H groups in total. The van der Waals surface area contributed by atoms with E-state index in [-0.39, 0.29) is 29.5 Å². The highest BCUT2D eigenvalue weighted by atomic mass is 32.2. The van der Waals surface area contributed by atoms with Crippen LogP contribution < -0.4 is 23.7 Å². The third-order valence-corrected chi connectivity index (χ3v) is 8.06. The molecule has 214 valence electrons. The fourth-order valence-electron chi connectivity index (χ4n) is 4.69. The van der Waals surface area contributed by atoms with Crippen LogP contribution in [0.3, 0.4) is 0 Å². The van der Waals surface area contributed by atoms with Crippen molar-refractivity contribution in [3.05, 3.63) is 83.3 Å². The summed E-state index contributed by atoms with van der Waals surface area (Å²) in [5.74, 6) is 2.11. The number of benzene rings is 3. The number of rotatable bonds is 13. The lowest BCUT2D eigenvalue weighted by atomic mass is 10.0. The second-order valence-corrected chi connectivity index (χ2v) is 11.2. The number of hydrogen-bond acceptors (Lipinski definition) is 8. The Balaban J connectivity index is 1.71. The maximum absolute atomic E-state index is 13.1. The molecule has 0 aliphatic carbocycles. The lowest BCUT2D eigenvalue weighted by molar-refractivity contribution is 0.0434. The van der Waals surface area contributed by atoms with Gasteiger partial charge in [0.05, 0.1) is 40.1 Å². The molecule has 3 aromatic rings. The van der Waals surface area contributed by atoms with E-state index in [0.717, 1.165) is 16.5 Å². The van der Waals surface area contributed by atoms with Crippen molar-refractivity contribution in [1.82, 2.24) is 0 Å². The van der Waals surface area contributed by atoms with Crippen molar-refractivity contribution in [2.75, 3.05) is 27.9 Å². The van der Waals surface area contributed by atoms with Gasteiger partial charge in [-0.25, -0.2) is 8.42 Å². The first-order chi connectivity index (χ1) is 19.3. The summed E-state index contributed by atoms with van der Waals surface area (Å²) in [4.78, 5) is 0.0105. The largest absolute Gasteiger partial charge is 0.493 e. The predicted octanol–water partition coefficient (Wildman–Crippen LogP) is 6.59. The standard InChI is InChI=1S/C31H36O8S/c1-6-15-37-31-28(38-20-21-11-9-8-10-12-21)18-23(19-29(31)40(32,33)7-2)25-14-13-24(39-25)22-16-26(34-3)30(36-5)27(17-22)35-4/h7-12,16-19,24-25H,2,6,13-15,20H2,1,3-5H3. The van der Waals surface area contributed by atoms with Gasteiger partial charge in [0.25, 0.3) is 0 Å². The molecule has 0 radical (unpaired) electrons. The van der Waals surface area contributed by atoms with Gasteiger partial charge in [0.1, 0.15) is 11.5 Å². The summed E-state index contributed by atoms with van der Waals surface area (Å²) in [6.45, 7) is 6.07. The highest BCUT2D eigenvalue weighted by Crippen LogP contribution is 2.48. The van der Waals surface area contributed by atoms with Crippen LogP contribution in [0.15, 0.2) is 71.5 Å². The van der Waals surface area contributed by atoms with Crippen molar-refractivity contribution in [3.63, 3.8) is 0 Å². The SMILES string of the molecule is C=CS(=O)(=O)c1cc(C2CCC(c3cc(OC)c(OC)c(OC)c3)O2)cc(OCc2ccccc2)c1OCCC. The van der Waals surface area contributed by atoms with E-state index >= 15 is 0 Å². The number of ether oxygens (including phenoxy) is 6. The van der Waals surface area contributed by atoms with Crippen LogP contribution in [0, 0.1) is 0 Å². The fourth-order valence-corrected chi connectivity index (χ4v) is 5.59. The average Bonchev–Trinajstić information content (AvgIpc) is 3.49. The molecule has 9 heteroatoms. The molecule has 0 saturated carbocycles. The van der Waals surface area contributed by atoms with Crippen molar-refractivity contribution in [3.8, 4) is 28.7 Å². The van der Waals surface area contributed by atoms with E-state index in [1.165, 1.54) is 0 Å². The third kappa shape index (κ3) is 6.37. The van der Waals surface area contributed by atoms with Gasteiger partial charge >= 0.3 is 0 Å². The lowest BCUT2D eigenvalue weighted by Crippen LogP contribution is -2.09. The van der Waals surface area contributed by atoms with Crippen molar-refractivity contribution in [2.24, 2.45) is 0 Å². The van der Waals surface area contributed by atoms with Gasteiger partial charge in [-0.15, -0.1) is 0 Å². The highest BCUT2D eigenvalue weighted by molar-refractivity contribution is 7.94. The fraction of sp³-hybridized carbons (Fsp3) is 0.355. The third-order valence-electron chi connectivity index (χ3n) is 6.71. The van der Waals surface area contributed by atoms with Gasteiger partial charge < -0.3 is 28.4 Å². The summed E-state index contributed by atoms with van der Waals surface area (Å²) in [7, 11) is 0.845. The second kappa shape index (κ2) is 13.1. The Hall–Kier alpha value is -3.69. The van der Waals surface area contributed by atoms with E-state index < -0.39 is 9.84 Å². The normalized spacial score (nSPS) is 16.8. The molecule has 4 rings (SSSR count). The zero-order valence-electron chi connectivity index (χ0n) is 23.3. The molecule has 0 amide bonds. The molecule has 2 unspecified atom stereocenters. The number of sulfone groups is 1. The molecule has 2 atom stereocenters. The Labute approximate surface area is 236 Å². The Morgan fingerprint density at radius 3 is 2.00 bits per heavy atom. The van der Waals surface area contributed by atoms with E-state index in [2.05, 4.69) is 6.58 Å². The van der Waals surface area contributed by atoms with E-state index in [9.17, 15) is 8.42 Å². The average molecular weight is 569 g/mol. The molecule has 0 aromatic heterocycles. The first kappa shape index (κ1) is 29.3. The summed E-state index contributed by atoms with van der Waals surface area (Å²) >= 11 is 0. The predicted molar refractivity (Wildman–Crippen MR) is 152 cm³/mol. The van der Waals surface area contributed by atoms with Gasteiger partial charge in [-0.3, -0.25) is 0 Å². The van der Waals surface area contributed by atoms with E-state index in [0.29, 0.717) is 54.4 Å². The highest BCUT2D eigenvalue weighted by Gasteiger charge is 2.32. The van der Waals surface area contributed by atoms with Gasteiger partial charge in [-0.05, 0) is 60.2 Å². The molecule has 1 aliphatic rings. The van der Waals surface area contributed by atoms with Gasteiger partial charge in [0, 0.05) is 5.41 Å². The quantitative estimate of drug-likeness (QED) is 0.228. The maximum Gasteiger partial charge on any atom is 0.203 e. The molecular weight excluding hydrogens is 532 g/mol. The second-order valence-electron chi connectivity index (χ2n) is 9.33. The van der Waals surface area contributed by atoms with Gasteiger partial charge in [-0.1, -0.05) is 43.8 Å². The van der Waals surface area contributed by atoms with Crippen LogP contribution in [-0.4, -0.2) is 36.4 Å². The maximum atomic E-state index is 13.1. The Bertz CT molecular complexity index is 1390. The molecule has 8 nitrogen and oxygen atoms in total. The Kier molecular flexibility index (Phi) is 9.60. The topological polar surface area (TPSA) is 89.5 Å².